The molecule has 1 aliphatic heterocycles. The van der Waals surface area contributed by atoms with Crippen molar-refractivity contribution in [3.8, 4) is 11.6 Å². The predicted octanol–water partition coefficient (Wildman–Crippen LogP) is 4.24. The van der Waals surface area contributed by atoms with E-state index in [9.17, 15) is 14.9 Å². The Morgan fingerprint density at radius 1 is 1.08 bits per heavy atom. The van der Waals surface area contributed by atoms with Gasteiger partial charge in [0.25, 0.3) is 11.8 Å². The first-order valence-corrected chi connectivity index (χ1v) is 12.0. The molecule has 1 aliphatic rings. The van der Waals surface area contributed by atoms with Crippen molar-refractivity contribution in [3.05, 3.63) is 106 Å². The zero-order chi connectivity index (χ0) is 25.8. The fourth-order valence-electron chi connectivity index (χ4n) is 4.57. The van der Waals surface area contributed by atoms with Crippen molar-refractivity contribution in [2.24, 2.45) is 5.73 Å². The third-order valence-corrected chi connectivity index (χ3v) is 6.40. The highest BCUT2D eigenvalue weighted by Crippen LogP contribution is 2.34. The lowest BCUT2D eigenvalue weighted by Gasteiger charge is -2.33. The van der Waals surface area contributed by atoms with Gasteiger partial charge in [-0.1, -0.05) is 48.5 Å². The van der Waals surface area contributed by atoms with Gasteiger partial charge in [-0.2, -0.15) is 10.1 Å². The summed E-state index contributed by atoms with van der Waals surface area (Å²) in [4.78, 5) is 29.9. The topological polar surface area (TPSA) is 129 Å². The van der Waals surface area contributed by atoms with E-state index in [1.807, 2.05) is 65.6 Å². The molecule has 1 fully saturated rings. The van der Waals surface area contributed by atoms with E-state index < -0.39 is 10.8 Å². The summed E-state index contributed by atoms with van der Waals surface area (Å²) < 4.78 is 7.45. The molecular formula is C27H26N6O4. The molecule has 4 aromatic rings. The quantitative estimate of drug-likeness (QED) is 0.284. The van der Waals surface area contributed by atoms with E-state index in [-0.39, 0.29) is 24.1 Å². The second-order valence-corrected chi connectivity index (χ2v) is 8.88. The summed E-state index contributed by atoms with van der Waals surface area (Å²) in [5.74, 6) is -0.0487. The predicted molar refractivity (Wildman–Crippen MR) is 138 cm³/mol. The van der Waals surface area contributed by atoms with Gasteiger partial charge in [0.2, 0.25) is 0 Å². The first kappa shape index (κ1) is 24.0. The Morgan fingerprint density at radius 2 is 1.81 bits per heavy atom. The van der Waals surface area contributed by atoms with Crippen molar-refractivity contribution >= 4 is 17.4 Å². The van der Waals surface area contributed by atoms with Crippen LogP contribution in [0.3, 0.4) is 0 Å². The summed E-state index contributed by atoms with van der Waals surface area (Å²) in [6.07, 6.45) is 3.33. The van der Waals surface area contributed by atoms with Crippen molar-refractivity contribution in [2.75, 3.05) is 18.0 Å². The van der Waals surface area contributed by atoms with E-state index in [0.717, 1.165) is 24.1 Å². The number of nitrogens with zero attached hydrogens (tertiary/aromatic N) is 5. The minimum atomic E-state index is -0.528. The molecule has 0 radical (unpaired) electrons. The average Bonchev–Trinajstić information content (AvgIpc) is 3.39. The van der Waals surface area contributed by atoms with Gasteiger partial charge in [0, 0.05) is 31.3 Å². The number of nitro groups is 1. The maximum Gasteiger partial charge on any atom is 0.331 e. The number of pyridine rings is 1. The molecule has 1 saturated heterocycles. The number of piperidine rings is 1. The standard InChI is InChI=1S/C27H26N6O4/c28-26(34)22-17-32(21-11-5-2-6-12-21)30-25(22)20-10-7-15-31(16-20)24-14-13-23(33(35)36)27(29-24)37-18-19-8-3-1-4-9-19/h1-6,8-9,11-14,17,20H,7,10,15-16,18H2,(H2,28,34). The van der Waals surface area contributed by atoms with Gasteiger partial charge in [-0.3, -0.25) is 14.9 Å². The SMILES string of the molecule is NC(=O)c1cn(-c2ccccc2)nc1C1CCCN(c2ccc([N+](=O)[O-])c(OCc3ccccc3)n2)C1. The van der Waals surface area contributed by atoms with Gasteiger partial charge in [-0.25, -0.2) is 4.68 Å². The maximum atomic E-state index is 12.3. The van der Waals surface area contributed by atoms with Gasteiger partial charge < -0.3 is 15.4 Å². The number of para-hydroxylation sites is 1. The van der Waals surface area contributed by atoms with Gasteiger partial charge in [0.15, 0.2) is 0 Å². The molecule has 0 spiro atoms. The van der Waals surface area contributed by atoms with E-state index in [1.54, 1.807) is 16.9 Å². The number of hydrogen-bond acceptors (Lipinski definition) is 7. The van der Waals surface area contributed by atoms with Crippen LogP contribution in [0.4, 0.5) is 11.5 Å². The Kier molecular flexibility index (Phi) is 6.80. The third kappa shape index (κ3) is 5.27. The van der Waals surface area contributed by atoms with Crippen molar-refractivity contribution in [1.29, 1.82) is 0 Å². The summed E-state index contributed by atoms with van der Waals surface area (Å²) in [5, 5.41) is 16.3. The molecule has 188 valence electrons. The van der Waals surface area contributed by atoms with Crippen LogP contribution in [0, 0.1) is 10.1 Å². The van der Waals surface area contributed by atoms with Crippen LogP contribution in [-0.2, 0) is 6.61 Å². The Bertz CT molecular complexity index is 1410. The fraction of sp³-hybridized carbons (Fsp3) is 0.222. The first-order valence-electron chi connectivity index (χ1n) is 12.0. The Balaban J connectivity index is 1.40. The highest BCUT2D eigenvalue weighted by Gasteiger charge is 2.29. The molecule has 0 aliphatic carbocycles. The molecule has 0 saturated carbocycles. The molecule has 10 heteroatoms. The van der Waals surface area contributed by atoms with Gasteiger partial charge in [-0.05, 0) is 36.6 Å². The van der Waals surface area contributed by atoms with Gasteiger partial charge >= 0.3 is 5.69 Å². The van der Waals surface area contributed by atoms with Crippen LogP contribution in [0.5, 0.6) is 5.88 Å². The Labute approximate surface area is 213 Å². The van der Waals surface area contributed by atoms with Crippen molar-refractivity contribution in [2.45, 2.75) is 25.4 Å². The van der Waals surface area contributed by atoms with Crippen LogP contribution in [-0.4, -0.2) is 38.7 Å². The molecule has 37 heavy (non-hydrogen) atoms. The summed E-state index contributed by atoms with van der Waals surface area (Å²) >= 11 is 0. The Hall–Kier alpha value is -4.73. The van der Waals surface area contributed by atoms with E-state index in [4.69, 9.17) is 15.6 Å². The van der Waals surface area contributed by atoms with Crippen molar-refractivity contribution < 1.29 is 14.5 Å². The van der Waals surface area contributed by atoms with Crippen LogP contribution in [0.25, 0.3) is 5.69 Å². The van der Waals surface area contributed by atoms with Crippen LogP contribution < -0.4 is 15.4 Å². The molecule has 3 heterocycles. The number of ether oxygens (including phenoxy) is 1. The number of carbonyl (C=O) groups excluding carboxylic acids is 1. The highest BCUT2D eigenvalue weighted by molar-refractivity contribution is 5.94. The second kappa shape index (κ2) is 10.5. The van der Waals surface area contributed by atoms with Crippen LogP contribution in [0.1, 0.15) is 40.4 Å². The summed E-state index contributed by atoms with van der Waals surface area (Å²) in [7, 11) is 0. The zero-order valence-corrected chi connectivity index (χ0v) is 20.1. The number of primary amides is 1. The molecule has 0 bridgehead atoms. The number of hydrogen-bond donors (Lipinski definition) is 1. The van der Waals surface area contributed by atoms with Crippen LogP contribution >= 0.6 is 0 Å². The summed E-state index contributed by atoms with van der Waals surface area (Å²) in [5.41, 5.74) is 8.27. The molecule has 5 rings (SSSR count). The Morgan fingerprint density at radius 3 is 2.51 bits per heavy atom. The van der Waals surface area contributed by atoms with E-state index in [2.05, 4.69) is 4.98 Å². The van der Waals surface area contributed by atoms with Crippen LogP contribution in [0.2, 0.25) is 0 Å². The van der Waals surface area contributed by atoms with Crippen molar-refractivity contribution in [1.82, 2.24) is 14.8 Å². The molecule has 1 unspecified atom stereocenters. The number of carbonyl (C=O) groups is 1. The van der Waals surface area contributed by atoms with E-state index in [1.165, 1.54) is 6.07 Å². The summed E-state index contributed by atoms with van der Waals surface area (Å²) in [6, 6.07) is 22.0. The maximum absolute atomic E-state index is 12.3. The minimum Gasteiger partial charge on any atom is -0.468 e. The summed E-state index contributed by atoms with van der Waals surface area (Å²) in [6.45, 7) is 1.42. The lowest BCUT2D eigenvalue weighted by atomic mass is 9.92. The van der Waals surface area contributed by atoms with Crippen LogP contribution in [0.15, 0.2) is 79.0 Å². The molecule has 2 aromatic carbocycles. The first-order chi connectivity index (χ1) is 18.0. The van der Waals surface area contributed by atoms with E-state index >= 15 is 0 Å². The molecule has 2 N–H and O–H groups in total. The average molecular weight is 499 g/mol. The normalized spacial score (nSPS) is 15.4. The zero-order valence-electron chi connectivity index (χ0n) is 20.1. The van der Waals surface area contributed by atoms with Crippen molar-refractivity contribution in [3.63, 3.8) is 0 Å². The molecule has 1 atom stereocenters. The van der Waals surface area contributed by atoms with Gasteiger partial charge in [0.05, 0.1) is 21.9 Å². The number of nitrogens with two attached hydrogens (primary N) is 1. The monoisotopic (exact) mass is 498 g/mol. The lowest BCUT2D eigenvalue weighted by Crippen LogP contribution is -2.35. The molecule has 10 nitrogen and oxygen atoms in total. The number of aromatic nitrogens is 3. The number of benzene rings is 2. The number of rotatable bonds is 8. The molecule has 2 aromatic heterocycles. The molecular weight excluding hydrogens is 472 g/mol. The fourth-order valence-corrected chi connectivity index (χ4v) is 4.57. The minimum absolute atomic E-state index is 0.0281. The lowest BCUT2D eigenvalue weighted by molar-refractivity contribution is -0.386. The van der Waals surface area contributed by atoms with Gasteiger partial charge in [0.1, 0.15) is 12.4 Å². The largest absolute Gasteiger partial charge is 0.468 e. The second-order valence-electron chi connectivity index (χ2n) is 8.88. The smallest absolute Gasteiger partial charge is 0.331 e. The number of amides is 1. The number of anilines is 1. The third-order valence-electron chi connectivity index (χ3n) is 6.40. The molecule has 1 amide bonds. The van der Waals surface area contributed by atoms with E-state index in [0.29, 0.717) is 30.2 Å². The van der Waals surface area contributed by atoms with Gasteiger partial charge in [-0.15, -0.1) is 0 Å². The highest BCUT2D eigenvalue weighted by atomic mass is 16.6.